The van der Waals surface area contributed by atoms with E-state index < -0.39 is 6.04 Å². The Morgan fingerprint density at radius 1 is 1.10 bits per heavy atom. The summed E-state index contributed by atoms with van der Waals surface area (Å²) in [6.07, 6.45) is 4.77. The van der Waals surface area contributed by atoms with Crippen molar-refractivity contribution in [3.8, 4) is 22.9 Å². The molecule has 4 heterocycles. The lowest BCUT2D eigenvalue weighted by atomic mass is 10.1. The number of rotatable bonds is 12. The summed E-state index contributed by atoms with van der Waals surface area (Å²) < 4.78 is 27.8. The molecule has 1 N–H and O–H groups in total. The van der Waals surface area contributed by atoms with Gasteiger partial charge in [-0.3, -0.25) is 9.59 Å². The van der Waals surface area contributed by atoms with Gasteiger partial charge in [0.05, 0.1) is 32.7 Å². The van der Waals surface area contributed by atoms with E-state index in [0.717, 1.165) is 25.7 Å². The fourth-order valence-corrected chi connectivity index (χ4v) is 4.96. The number of nitrogens with one attached hydrogen (secondary N) is 1. The zero-order valence-electron chi connectivity index (χ0n) is 22.7. The minimum absolute atomic E-state index is 0.0436. The number of aromatic nitrogens is 4. The number of carbonyl (C=O) groups excluding carboxylic acids is 2. The van der Waals surface area contributed by atoms with Crippen molar-refractivity contribution < 1.29 is 33.0 Å². The standard InChI is InChI=1S/C27H34N6O7/c1-36-21-10-9-18(14-23(21)37-2)26-29-31-33(30-26)17-24(34)32(16-20-7-4-12-39-20)25(22-8-5-13-40-22)27(35)28-15-19-6-3-11-38-19/h5,8-10,13-14,19-20,25H,3-4,6-7,11-12,15-17H2,1-2H3,(H,28,35)/t19-,20+,25+/m0/s1. The molecule has 2 aliphatic rings. The first-order valence-corrected chi connectivity index (χ1v) is 13.4. The van der Waals surface area contributed by atoms with Gasteiger partial charge in [0.15, 0.2) is 17.5 Å². The fourth-order valence-electron chi connectivity index (χ4n) is 4.96. The van der Waals surface area contributed by atoms with E-state index in [4.69, 9.17) is 23.4 Å². The molecule has 214 valence electrons. The van der Waals surface area contributed by atoms with Gasteiger partial charge in [-0.25, -0.2) is 0 Å². The molecule has 5 rings (SSSR count). The third kappa shape index (κ3) is 6.42. The summed E-state index contributed by atoms with van der Waals surface area (Å²) in [5.41, 5.74) is 0.648. The van der Waals surface area contributed by atoms with E-state index in [1.807, 2.05) is 0 Å². The quantitative estimate of drug-likeness (QED) is 0.353. The van der Waals surface area contributed by atoms with E-state index in [2.05, 4.69) is 20.7 Å². The Hall–Kier alpha value is -3.97. The van der Waals surface area contributed by atoms with Crippen LogP contribution in [-0.2, 0) is 25.6 Å². The van der Waals surface area contributed by atoms with Crippen LogP contribution in [0.25, 0.3) is 11.4 Å². The first kappa shape index (κ1) is 27.6. The van der Waals surface area contributed by atoms with Crippen molar-refractivity contribution in [1.29, 1.82) is 0 Å². The highest BCUT2D eigenvalue weighted by Crippen LogP contribution is 2.31. The predicted molar refractivity (Wildman–Crippen MR) is 140 cm³/mol. The molecule has 40 heavy (non-hydrogen) atoms. The molecule has 0 aliphatic carbocycles. The van der Waals surface area contributed by atoms with E-state index in [1.165, 1.54) is 16.0 Å². The predicted octanol–water partition coefficient (Wildman–Crippen LogP) is 1.99. The van der Waals surface area contributed by atoms with E-state index in [1.54, 1.807) is 44.6 Å². The summed E-state index contributed by atoms with van der Waals surface area (Å²) >= 11 is 0. The molecular formula is C27H34N6O7. The molecule has 2 amide bonds. The van der Waals surface area contributed by atoms with Crippen molar-refractivity contribution in [2.24, 2.45) is 0 Å². The molecular weight excluding hydrogens is 520 g/mol. The van der Waals surface area contributed by atoms with Crippen LogP contribution in [0.4, 0.5) is 0 Å². The fraction of sp³-hybridized carbons (Fsp3) is 0.519. The number of carbonyl (C=O) groups is 2. The Balaban J connectivity index is 1.36. The molecule has 2 aromatic heterocycles. The second-order valence-electron chi connectivity index (χ2n) is 9.69. The smallest absolute Gasteiger partial charge is 0.250 e. The van der Waals surface area contributed by atoms with Crippen molar-refractivity contribution in [3.05, 3.63) is 42.4 Å². The molecule has 1 aromatic carbocycles. The number of ether oxygens (including phenoxy) is 4. The summed E-state index contributed by atoms with van der Waals surface area (Å²) in [5.74, 6) is 1.03. The Morgan fingerprint density at radius 3 is 2.55 bits per heavy atom. The van der Waals surface area contributed by atoms with Gasteiger partial charge in [-0.15, -0.1) is 10.2 Å². The Labute approximate surface area is 231 Å². The molecule has 0 spiro atoms. The zero-order chi connectivity index (χ0) is 27.9. The highest BCUT2D eigenvalue weighted by Gasteiger charge is 2.36. The number of furan rings is 1. The van der Waals surface area contributed by atoms with Crippen molar-refractivity contribution in [2.45, 2.75) is 50.5 Å². The van der Waals surface area contributed by atoms with Crippen molar-refractivity contribution in [3.63, 3.8) is 0 Å². The van der Waals surface area contributed by atoms with Gasteiger partial charge in [-0.2, -0.15) is 4.80 Å². The number of benzene rings is 1. The maximum Gasteiger partial charge on any atom is 0.250 e. The van der Waals surface area contributed by atoms with Crippen molar-refractivity contribution in [1.82, 2.24) is 30.4 Å². The van der Waals surface area contributed by atoms with Crippen LogP contribution < -0.4 is 14.8 Å². The lowest BCUT2D eigenvalue weighted by Crippen LogP contribution is -2.48. The lowest BCUT2D eigenvalue weighted by molar-refractivity contribution is -0.144. The molecule has 0 radical (unpaired) electrons. The van der Waals surface area contributed by atoms with Crippen LogP contribution in [0.5, 0.6) is 11.5 Å². The normalized spacial score (nSPS) is 19.4. The number of methoxy groups -OCH3 is 2. The average Bonchev–Trinajstić information content (AvgIpc) is 3.80. The van der Waals surface area contributed by atoms with Gasteiger partial charge in [-0.1, -0.05) is 0 Å². The first-order valence-electron chi connectivity index (χ1n) is 13.4. The molecule has 13 heteroatoms. The van der Waals surface area contributed by atoms with Crippen LogP contribution in [0.15, 0.2) is 41.0 Å². The van der Waals surface area contributed by atoms with Gasteiger partial charge < -0.3 is 33.6 Å². The minimum Gasteiger partial charge on any atom is -0.493 e. The maximum absolute atomic E-state index is 13.8. The maximum atomic E-state index is 13.8. The van der Waals surface area contributed by atoms with Gasteiger partial charge in [-0.05, 0) is 61.2 Å². The number of hydrogen-bond donors (Lipinski definition) is 1. The summed E-state index contributed by atoms with van der Waals surface area (Å²) in [6.45, 7) is 1.64. The molecule has 3 aromatic rings. The molecule has 2 saturated heterocycles. The molecule has 2 aliphatic heterocycles. The van der Waals surface area contributed by atoms with E-state index >= 15 is 0 Å². The average molecular weight is 555 g/mol. The number of amides is 2. The molecule has 13 nitrogen and oxygen atoms in total. The number of hydrogen-bond acceptors (Lipinski definition) is 10. The zero-order valence-corrected chi connectivity index (χ0v) is 22.7. The van der Waals surface area contributed by atoms with Crippen LogP contribution >= 0.6 is 0 Å². The largest absolute Gasteiger partial charge is 0.493 e. The molecule has 3 atom stereocenters. The molecule has 0 bridgehead atoms. The van der Waals surface area contributed by atoms with Crippen molar-refractivity contribution >= 4 is 11.8 Å². The summed E-state index contributed by atoms with van der Waals surface area (Å²) in [6, 6.07) is 7.64. The third-order valence-electron chi connectivity index (χ3n) is 7.02. The van der Waals surface area contributed by atoms with Crippen LogP contribution in [-0.4, -0.2) is 89.7 Å². The topological polar surface area (TPSA) is 143 Å². The van der Waals surface area contributed by atoms with Gasteiger partial charge in [0, 0.05) is 31.9 Å². The SMILES string of the molecule is COc1ccc(-c2nnn(CC(=O)N(C[C@H]3CCCO3)[C@@H](C(=O)NC[C@@H]3CCCO3)c3ccco3)n2)cc1OC. The Kier molecular flexibility index (Phi) is 8.91. The van der Waals surface area contributed by atoms with Gasteiger partial charge in [0.2, 0.25) is 11.7 Å². The van der Waals surface area contributed by atoms with E-state index in [0.29, 0.717) is 48.4 Å². The number of tetrazole rings is 1. The highest BCUT2D eigenvalue weighted by molar-refractivity contribution is 5.88. The Morgan fingerprint density at radius 2 is 1.88 bits per heavy atom. The van der Waals surface area contributed by atoms with Crippen LogP contribution in [0.3, 0.4) is 0 Å². The minimum atomic E-state index is -0.998. The molecule has 2 fully saturated rings. The van der Waals surface area contributed by atoms with E-state index in [-0.39, 0.29) is 37.1 Å². The Bertz CT molecular complexity index is 1270. The highest BCUT2D eigenvalue weighted by atomic mass is 16.5. The third-order valence-corrected chi connectivity index (χ3v) is 7.02. The molecule has 0 saturated carbocycles. The molecule has 0 unspecified atom stereocenters. The van der Waals surface area contributed by atoms with Crippen LogP contribution in [0.2, 0.25) is 0 Å². The van der Waals surface area contributed by atoms with Crippen molar-refractivity contribution in [2.75, 3.05) is 40.5 Å². The number of nitrogens with zero attached hydrogens (tertiary/aromatic N) is 5. The lowest BCUT2D eigenvalue weighted by Gasteiger charge is -2.31. The van der Waals surface area contributed by atoms with E-state index in [9.17, 15) is 9.59 Å². The second kappa shape index (κ2) is 12.9. The van der Waals surface area contributed by atoms with Crippen LogP contribution in [0.1, 0.15) is 37.5 Å². The van der Waals surface area contributed by atoms with Crippen LogP contribution in [0, 0.1) is 0 Å². The first-order chi connectivity index (χ1) is 19.6. The summed E-state index contributed by atoms with van der Waals surface area (Å²) in [7, 11) is 3.10. The van der Waals surface area contributed by atoms with Gasteiger partial charge >= 0.3 is 0 Å². The monoisotopic (exact) mass is 554 g/mol. The summed E-state index contributed by atoms with van der Waals surface area (Å²) in [5, 5.41) is 15.6. The van der Waals surface area contributed by atoms with Gasteiger partial charge in [0.1, 0.15) is 12.3 Å². The summed E-state index contributed by atoms with van der Waals surface area (Å²) in [4.78, 5) is 30.0. The second-order valence-corrected chi connectivity index (χ2v) is 9.69. The van der Waals surface area contributed by atoms with Gasteiger partial charge in [0.25, 0.3) is 5.91 Å².